The minimum Gasteiger partial charge on any atom is -0.481 e. The van der Waals surface area contributed by atoms with Crippen molar-refractivity contribution in [1.29, 1.82) is 0 Å². The highest BCUT2D eigenvalue weighted by Crippen LogP contribution is 2.31. The molecule has 4 nitrogen and oxygen atoms in total. The smallest absolute Gasteiger partial charge is 0.213 e. The van der Waals surface area contributed by atoms with E-state index in [1.165, 1.54) is 0 Å². The third-order valence-corrected chi connectivity index (χ3v) is 4.79. The molecule has 0 amide bonds. The van der Waals surface area contributed by atoms with E-state index in [0.717, 1.165) is 38.1 Å². The van der Waals surface area contributed by atoms with Gasteiger partial charge in [0.15, 0.2) is 0 Å². The number of thioether (sulfide) groups is 1. The van der Waals surface area contributed by atoms with Gasteiger partial charge in [0.05, 0.1) is 29.5 Å². The van der Waals surface area contributed by atoms with Crippen molar-refractivity contribution in [2.24, 2.45) is 0 Å². The molecule has 0 unspecified atom stereocenters. The summed E-state index contributed by atoms with van der Waals surface area (Å²) in [7, 11) is 1.63. The molecule has 0 fully saturated rings. The van der Waals surface area contributed by atoms with Crippen LogP contribution < -0.4 is 10.1 Å². The van der Waals surface area contributed by atoms with Gasteiger partial charge in [-0.05, 0) is 30.5 Å². The second-order valence-corrected chi connectivity index (χ2v) is 6.49. The molecule has 4 aromatic rings. The lowest BCUT2D eigenvalue weighted by Gasteiger charge is -2.12. The van der Waals surface area contributed by atoms with Crippen molar-refractivity contribution >= 4 is 44.9 Å². The minimum atomic E-state index is 0.599. The second-order valence-electron chi connectivity index (χ2n) is 5.61. The topological polar surface area (TPSA) is 47.0 Å². The Morgan fingerprint density at radius 1 is 0.920 bits per heavy atom. The van der Waals surface area contributed by atoms with Crippen molar-refractivity contribution in [2.45, 2.75) is 4.90 Å². The first-order chi connectivity index (χ1) is 12.3. The first kappa shape index (κ1) is 15.7. The Hall–Kier alpha value is -2.79. The van der Waals surface area contributed by atoms with Gasteiger partial charge in [0.1, 0.15) is 0 Å². The minimum absolute atomic E-state index is 0.599. The number of nitrogens with zero attached hydrogens (tertiary/aromatic N) is 2. The van der Waals surface area contributed by atoms with Crippen LogP contribution in [0.15, 0.2) is 65.7 Å². The molecule has 5 heteroatoms. The highest BCUT2D eigenvalue weighted by atomic mass is 32.2. The van der Waals surface area contributed by atoms with E-state index in [1.807, 2.05) is 48.7 Å². The summed E-state index contributed by atoms with van der Waals surface area (Å²) in [6, 6.07) is 18.3. The van der Waals surface area contributed by atoms with E-state index in [2.05, 4.69) is 33.7 Å². The van der Waals surface area contributed by atoms with Crippen LogP contribution >= 0.6 is 11.8 Å². The second kappa shape index (κ2) is 6.61. The molecule has 0 spiro atoms. The number of hydrogen-bond donors (Lipinski definition) is 1. The Morgan fingerprint density at radius 2 is 1.68 bits per heavy atom. The number of para-hydroxylation sites is 2. The Balaban J connectivity index is 1.82. The molecule has 2 heterocycles. The van der Waals surface area contributed by atoms with Crippen molar-refractivity contribution in [1.82, 2.24) is 9.97 Å². The van der Waals surface area contributed by atoms with E-state index in [-0.39, 0.29) is 0 Å². The molecule has 0 saturated carbocycles. The Morgan fingerprint density at radius 3 is 2.44 bits per heavy atom. The molecule has 0 saturated heterocycles. The van der Waals surface area contributed by atoms with Gasteiger partial charge >= 0.3 is 0 Å². The van der Waals surface area contributed by atoms with Gasteiger partial charge in [-0.3, -0.25) is 4.98 Å². The quantitative estimate of drug-likeness (QED) is 0.510. The molecular weight excluding hydrogens is 330 g/mol. The van der Waals surface area contributed by atoms with Crippen molar-refractivity contribution in [3.05, 3.63) is 60.8 Å². The first-order valence-electron chi connectivity index (χ1n) is 7.92. The van der Waals surface area contributed by atoms with E-state index < -0.39 is 0 Å². The van der Waals surface area contributed by atoms with E-state index >= 15 is 0 Å². The first-order valence-corrected chi connectivity index (χ1v) is 9.14. The highest BCUT2D eigenvalue weighted by molar-refractivity contribution is 7.98. The van der Waals surface area contributed by atoms with Crippen molar-refractivity contribution in [3.8, 4) is 5.88 Å². The zero-order valence-corrected chi connectivity index (χ0v) is 14.8. The lowest BCUT2D eigenvalue weighted by molar-refractivity contribution is 0.399. The van der Waals surface area contributed by atoms with Gasteiger partial charge in [0.25, 0.3) is 0 Å². The molecule has 0 bridgehead atoms. The zero-order valence-electron chi connectivity index (χ0n) is 14.0. The van der Waals surface area contributed by atoms with Crippen LogP contribution in [0.3, 0.4) is 0 Å². The maximum absolute atomic E-state index is 5.27. The largest absolute Gasteiger partial charge is 0.481 e. The Labute approximate surface area is 150 Å². The summed E-state index contributed by atoms with van der Waals surface area (Å²) in [6.45, 7) is 0. The number of nitrogens with one attached hydrogen (secondary N) is 1. The number of hydrogen-bond acceptors (Lipinski definition) is 5. The van der Waals surface area contributed by atoms with Crippen molar-refractivity contribution in [2.75, 3.05) is 18.7 Å². The van der Waals surface area contributed by atoms with Crippen LogP contribution in [0.25, 0.3) is 21.8 Å². The summed E-state index contributed by atoms with van der Waals surface area (Å²) in [5.74, 6) is 0.599. The average molecular weight is 347 g/mol. The summed E-state index contributed by atoms with van der Waals surface area (Å²) in [5.41, 5.74) is 3.71. The number of ether oxygens (including phenoxy) is 1. The fourth-order valence-corrected chi connectivity index (χ4v) is 3.24. The molecule has 0 aliphatic rings. The number of methoxy groups -OCH3 is 1. The maximum atomic E-state index is 5.27. The Kier molecular flexibility index (Phi) is 4.15. The van der Waals surface area contributed by atoms with E-state index in [4.69, 9.17) is 4.74 Å². The molecule has 124 valence electrons. The third kappa shape index (κ3) is 2.98. The van der Waals surface area contributed by atoms with Crippen molar-refractivity contribution < 1.29 is 4.74 Å². The van der Waals surface area contributed by atoms with Crippen LogP contribution in [0.4, 0.5) is 11.4 Å². The number of anilines is 2. The lowest BCUT2D eigenvalue weighted by Crippen LogP contribution is -1.96. The van der Waals surface area contributed by atoms with Crippen LogP contribution in [0, 0.1) is 0 Å². The molecule has 0 aliphatic heterocycles. The van der Waals surface area contributed by atoms with E-state index in [1.54, 1.807) is 18.9 Å². The summed E-state index contributed by atoms with van der Waals surface area (Å²) in [6.07, 6.45) is 3.96. The number of benzene rings is 2. The number of pyridine rings is 2. The van der Waals surface area contributed by atoms with Crippen LogP contribution in [-0.4, -0.2) is 23.3 Å². The molecule has 2 aromatic heterocycles. The van der Waals surface area contributed by atoms with Gasteiger partial charge in [-0.25, -0.2) is 4.98 Å². The van der Waals surface area contributed by atoms with Gasteiger partial charge in [-0.15, -0.1) is 11.8 Å². The summed E-state index contributed by atoms with van der Waals surface area (Å²) in [5, 5.41) is 5.66. The number of rotatable bonds is 4. The predicted octanol–water partition coefficient (Wildman–Crippen LogP) is 5.26. The standard InChI is InChI=1S/C20H17N3OS/c1-24-18-10-9-13-5-3-8-17(20(13)23-18)22-16-7-4-6-14-11-15(25-2)12-21-19(14)16/h3-12,22H,1-2H3. The summed E-state index contributed by atoms with van der Waals surface area (Å²) < 4.78 is 5.27. The molecule has 0 aliphatic carbocycles. The molecular formula is C20H17N3OS. The molecule has 2 aromatic carbocycles. The molecule has 4 rings (SSSR count). The van der Waals surface area contributed by atoms with Crippen LogP contribution in [0.5, 0.6) is 5.88 Å². The van der Waals surface area contributed by atoms with Crippen LogP contribution in [0.2, 0.25) is 0 Å². The fraction of sp³-hybridized carbons (Fsp3) is 0.100. The number of fused-ring (bicyclic) bond motifs is 2. The normalized spacial score (nSPS) is 11.0. The summed E-state index contributed by atoms with van der Waals surface area (Å²) in [4.78, 5) is 10.4. The monoisotopic (exact) mass is 347 g/mol. The van der Waals surface area contributed by atoms with Gasteiger partial charge in [-0.1, -0.05) is 24.3 Å². The highest BCUT2D eigenvalue weighted by Gasteiger charge is 2.08. The molecule has 0 radical (unpaired) electrons. The summed E-state index contributed by atoms with van der Waals surface area (Å²) >= 11 is 1.69. The Bertz CT molecular complexity index is 1070. The lowest BCUT2D eigenvalue weighted by atomic mass is 10.1. The molecule has 25 heavy (non-hydrogen) atoms. The molecule has 0 atom stereocenters. The zero-order chi connectivity index (χ0) is 17.2. The van der Waals surface area contributed by atoms with Crippen LogP contribution in [-0.2, 0) is 0 Å². The number of aromatic nitrogens is 2. The van der Waals surface area contributed by atoms with E-state index in [9.17, 15) is 0 Å². The van der Waals surface area contributed by atoms with Gasteiger partial charge < -0.3 is 10.1 Å². The van der Waals surface area contributed by atoms with Crippen molar-refractivity contribution in [3.63, 3.8) is 0 Å². The van der Waals surface area contributed by atoms with Gasteiger partial charge in [-0.2, -0.15) is 0 Å². The van der Waals surface area contributed by atoms with Crippen LogP contribution in [0.1, 0.15) is 0 Å². The third-order valence-electron chi connectivity index (χ3n) is 4.09. The maximum Gasteiger partial charge on any atom is 0.213 e. The average Bonchev–Trinajstić information content (AvgIpc) is 2.67. The van der Waals surface area contributed by atoms with Gasteiger partial charge in [0.2, 0.25) is 5.88 Å². The SMILES string of the molecule is COc1ccc2cccc(Nc3cccc4cc(SC)cnc34)c2n1. The predicted molar refractivity (Wildman–Crippen MR) is 105 cm³/mol. The fourth-order valence-electron chi connectivity index (χ4n) is 2.84. The van der Waals surface area contributed by atoms with E-state index in [0.29, 0.717) is 5.88 Å². The molecule has 1 N–H and O–H groups in total. The van der Waals surface area contributed by atoms with Gasteiger partial charge in [0, 0.05) is 27.9 Å².